The van der Waals surface area contributed by atoms with Crippen molar-refractivity contribution in [1.82, 2.24) is 15.5 Å². The molecule has 3 amide bonds. The number of alkyl halides is 2. The zero-order valence-electron chi connectivity index (χ0n) is 16.3. The molecule has 0 saturated heterocycles. The second-order valence-corrected chi connectivity index (χ2v) is 7.02. The fourth-order valence-electron chi connectivity index (χ4n) is 2.26. The molecule has 0 aliphatic rings. The third-order valence-corrected chi connectivity index (χ3v) is 3.13. The van der Waals surface area contributed by atoms with Gasteiger partial charge in [-0.2, -0.15) is 8.78 Å². The van der Waals surface area contributed by atoms with E-state index in [-0.39, 0.29) is 18.0 Å². The van der Waals surface area contributed by atoms with Gasteiger partial charge in [0.05, 0.1) is 13.2 Å². The van der Waals surface area contributed by atoms with E-state index in [0.29, 0.717) is 13.2 Å². The molecular formula is C18H27F2N3O4. The highest BCUT2D eigenvalue weighted by Gasteiger charge is 2.17. The van der Waals surface area contributed by atoms with Crippen LogP contribution in [0.15, 0.2) is 18.2 Å². The van der Waals surface area contributed by atoms with E-state index in [1.807, 2.05) is 0 Å². The number of rotatable bonds is 8. The molecule has 0 aliphatic heterocycles. The molecule has 0 unspecified atom stereocenters. The maximum atomic E-state index is 12.4. The number of likely N-dealkylation sites (N-methyl/N-ethyl adjacent to an activating group) is 1. The van der Waals surface area contributed by atoms with Gasteiger partial charge in [-0.05, 0) is 52.4 Å². The molecule has 0 saturated carbocycles. The fourth-order valence-corrected chi connectivity index (χ4v) is 2.26. The molecule has 9 heteroatoms. The maximum absolute atomic E-state index is 12.4. The number of benzene rings is 1. The van der Waals surface area contributed by atoms with Crippen molar-refractivity contribution in [1.29, 1.82) is 0 Å². The van der Waals surface area contributed by atoms with Gasteiger partial charge in [-0.3, -0.25) is 15.0 Å². The first kappa shape index (κ1) is 22.6. The second kappa shape index (κ2) is 10.1. The average molecular weight is 387 g/mol. The lowest BCUT2D eigenvalue weighted by Gasteiger charge is -2.21. The molecule has 7 nitrogen and oxygen atoms in total. The van der Waals surface area contributed by atoms with Crippen molar-refractivity contribution in [2.24, 2.45) is 0 Å². The lowest BCUT2D eigenvalue weighted by Crippen LogP contribution is -2.50. The minimum absolute atomic E-state index is 0.0170. The lowest BCUT2D eigenvalue weighted by atomic mass is 10.1. The van der Waals surface area contributed by atoms with Gasteiger partial charge in [0.2, 0.25) is 5.91 Å². The van der Waals surface area contributed by atoms with E-state index < -0.39 is 24.1 Å². The highest BCUT2D eigenvalue weighted by Crippen LogP contribution is 2.30. The van der Waals surface area contributed by atoms with Gasteiger partial charge in [-0.15, -0.1) is 0 Å². The van der Waals surface area contributed by atoms with Gasteiger partial charge in [0.25, 0.3) is 0 Å². The molecule has 2 N–H and O–H groups in total. The molecule has 1 rings (SSSR count). The molecule has 1 aromatic rings. The Balaban J connectivity index is 2.65. The van der Waals surface area contributed by atoms with Crippen LogP contribution in [0.3, 0.4) is 0 Å². The number of hydrogen-bond donors (Lipinski definition) is 2. The number of amides is 3. The first-order chi connectivity index (χ1) is 12.5. The predicted molar refractivity (Wildman–Crippen MR) is 97.0 cm³/mol. The lowest BCUT2D eigenvalue weighted by molar-refractivity contribution is -0.121. The Hall–Kier alpha value is -2.42. The van der Waals surface area contributed by atoms with Crippen LogP contribution in [-0.2, 0) is 11.3 Å². The molecule has 0 bridgehead atoms. The quantitative estimate of drug-likeness (QED) is 0.717. The number of carbonyl (C=O) groups is 2. The monoisotopic (exact) mass is 387 g/mol. The molecule has 0 heterocycles. The number of imide groups is 1. The van der Waals surface area contributed by atoms with Crippen molar-refractivity contribution in [3.05, 3.63) is 23.8 Å². The number of halogens is 2. The largest absolute Gasteiger partial charge is 0.490 e. The highest BCUT2D eigenvalue weighted by molar-refractivity contribution is 5.95. The Morgan fingerprint density at radius 3 is 2.44 bits per heavy atom. The van der Waals surface area contributed by atoms with E-state index in [9.17, 15) is 18.4 Å². The van der Waals surface area contributed by atoms with Gasteiger partial charge in [-0.1, -0.05) is 6.07 Å². The molecule has 0 spiro atoms. The number of nitrogens with zero attached hydrogens (tertiary/aromatic N) is 1. The summed E-state index contributed by atoms with van der Waals surface area (Å²) in [5.41, 5.74) is 0.295. The van der Waals surface area contributed by atoms with Crippen molar-refractivity contribution < 1.29 is 27.8 Å². The maximum Gasteiger partial charge on any atom is 0.387 e. The average Bonchev–Trinajstić information content (AvgIpc) is 2.47. The van der Waals surface area contributed by atoms with Crippen molar-refractivity contribution in [2.75, 3.05) is 20.2 Å². The van der Waals surface area contributed by atoms with Gasteiger partial charge in [0.1, 0.15) is 0 Å². The SMILES string of the molecule is CCOc1cc(CN(C)CC(=O)NC(=O)NC(C)(C)C)ccc1OC(F)F. The van der Waals surface area contributed by atoms with Gasteiger partial charge in [0, 0.05) is 12.1 Å². The Labute approximate surface area is 158 Å². The Bertz CT molecular complexity index is 648. The van der Waals surface area contributed by atoms with Crippen LogP contribution in [0.4, 0.5) is 13.6 Å². The molecule has 0 aliphatic carbocycles. The molecule has 0 atom stereocenters. The summed E-state index contributed by atoms with van der Waals surface area (Å²) in [6.45, 7) is 4.84. The van der Waals surface area contributed by atoms with Crippen molar-refractivity contribution >= 4 is 11.9 Å². The Kier molecular flexibility index (Phi) is 8.42. The van der Waals surface area contributed by atoms with Crippen molar-refractivity contribution in [3.63, 3.8) is 0 Å². The predicted octanol–water partition coefficient (Wildman–Crippen LogP) is 2.74. The topological polar surface area (TPSA) is 79.9 Å². The summed E-state index contributed by atoms with van der Waals surface area (Å²) in [6, 6.07) is 4.04. The van der Waals surface area contributed by atoms with Crippen LogP contribution in [0.1, 0.15) is 33.3 Å². The zero-order chi connectivity index (χ0) is 20.6. The summed E-state index contributed by atoms with van der Waals surface area (Å²) in [5, 5.41) is 4.89. The molecule has 0 fully saturated rings. The van der Waals surface area contributed by atoms with Gasteiger partial charge < -0.3 is 14.8 Å². The number of hydrogen-bond acceptors (Lipinski definition) is 5. The summed E-state index contributed by atoms with van der Waals surface area (Å²) in [7, 11) is 1.70. The van der Waals surface area contributed by atoms with Gasteiger partial charge >= 0.3 is 12.6 Å². The van der Waals surface area contributed by atoms with Crippen LogP contribution in [0.5, 0.6) is 11.5 Å². The summed E-state index contributed by atoms with van der Waals surface area (Å²) in [4.78, 5) is 25.3. The zero-order valence-corrected chi connectivity index (χ0v) is 16.3. The molecule has 1 aromatic carbocycles. The Morgan fingerprint density at radius 1 is 1.22 bits per heavy atom. The summed E-state index contributed by atoms with van der Waals surface area (Å²) >= 11 is 0. The van der Waals surface area contributed by atoms with Gasteiger partial charge in [-0.25, -0.2) is 4.79 Å². The van der Waals surface area contributed by atoms with E-state index in [1.165, 1.54) is 6.07 Å². The van der Waals surface area contributed by atoms with Crippen molar-refractivity contribution in [2.45, 2.75) is 46.4 Å². The summed E-state index contributed by atoms with van der Waals surface area (Å²) in [5.74, 6) is -0.297. The molecule has 27 heavy (non-hydrogen) atoms. The second-order valence-electron chi connectivity index (χ2n) is 7.02. The minimum atomic E-state index is -2.94. The van der Waals surface area contributed by atoms with Crippen LogP contribution in [0, 0.1) is 0 Å². The van der Waals surface area contributed by atoms with Crippen LogP contribution >= 0.6 is 0 Å². The number of urea groups is 1. The molecule has 0 radical (unpaired) electrons. The number of nitrogens with one attached hydrogen (secondary N) is 2. The van der Waals surface area contributed by atoms with E-state index in [2.05, 4.69) is 15.4 Å². The number of carbonyl (C=O) groups excluding carboxylic acids is 2. The molecular weight excluding hydrogens is 360 g/mol. The van der Waals surface area contributed by atoms with Crippen LogP contribution in [0.25, 0.3) is 0 Å². The van der Waals surface area contributed by atoms with E-state index in [1.54, 1.807) is 51.8 Å². The normalized spacial score (nSPS) is 11.4. The summed E-state index contributed by atoms with van der Waals surface area (Å²) < 4.78 is 34.6. The van der Waals surface area contributed by atoms with Crippen LogP contribution < -0.4 is 20.1 Å². The molecule has 0 aromatic heterocycles. The summed E-state index contributed by atoms with van der Waals surface area (Å²) in [6.07, 6.45) is 0. The van der Waals surface area contributed by atoms with Crippen molar-refractivity contribution in [3.8, 4) is 11.5 Å². The standard InChI is InChI=1S/C18H27F2N3O4/c1-6-26-14-9-12(7-8-13(14)27-16(19)20)10-23(5)11-15(24)21-17(25)22-18(2,3)4/h7-9,16H,6,10-11H2,1-5H3,(H2,21,22,24,25). The smallest absolute Gasteiger partial charge is 0.387 e. The van der Waals surface area contributed by atoms with E-state index in [0.717, 1.165) is 5.56 Å². The number of ether oxygens (including phenoxy) is 2. The van der Waals surface area contributed by atoms with Gasteiger partial charge in [0.15, 0.2) is 11.5 Å². The highest BCUT2D eigenvalue weighted by atomic mass is 19.3. The molecule has 152 valence electrons. The third kappa shape index (κ3) is 9.18. The van der Waals surface area contributed by atoms with E-state index >= 15 is 0 Å². The minimum Gasteiger partial charge on any atom is -0.490 e. The first-order valence-electron chi connectivity index (χ1n) is 8.51. The fraction of sp³-hybridized carbons (Fsp3) is 0.556. The van der Waals surface area contributed by atoms with Crippen LogP contribution in [-0.4, -0.2) is 49.2 Å². The Morgan fingerprint density at radius 2 is 1.89 bits per heavy atom. The van der Waals surface area contributed by atoms with Crippen LogP contribution in [0.2, 0.25) is 0 Å². The first-order valence-corrected chi connectivity index (χ1v) is 8.51. The third-order valence-electron chi connectivity index (χ3n) is 3.13. The van der Waals surface area contributed by atoms with E-state index in [4.69, 9.17) is 4.74 Å².